The minimum absolute atomic E-state index is 0.0873. The van der Waals surface area contributed by atoms with Crippen LogP contribution in [0.3, 0.4) is 0 Å². The molecule has 1 aliphatic carbocycles. The number of anilines is 1. The maximum absolute atomic E-state index is 12.4. The van der Waals surface area contributed by atoms with Gasteiger partial charge in [0.05, 0.1) is 4.90 Å². The Morgan fingerprint density at radius 1 is 0.950 bits per heavy atom. The molecule has 0 heterocycles. The van der Waals surface area contributed by atoms with Gasteiger partial charge in [0, 0.05) is 18.8 Å². The molecule has 5 heteroatoms. The van der Waals surface area contributed by atoms with Crippen LogP contribution < -0.4 is 10.0 Å². The number of rotatable bonds is 4. The maximum Gasteiger partial charge on any atom is 0.240 e. The molecule has 1 saturated carbocycles. The second-order valence-corrected chi connectivity index (χ2v) is 7.15. The van der Waals surface area contributed by atoms with E-state index in [1.807, 2.05) is 7.05 Å². The predicted octanol–water partition coefficient (Wildman–Crippen LogP) is 3.12. The van der Waals surface area contributed by atoms with Crippen LogP contribution in [-0.2, 0) is 10.0 Å². The summed E-state index contributed by atoms with van der Waals surface area (Å²) in [5.41, 5.74) is 0.912. The Kier molecular flexibility index (Phi) is 5.43. The molecule has 2 rings (SSSR count). The normalized spacial score (nSPS) is 18.2. The maximum atomic E-state index is 12.4. The van der Waals surface area contributed by atoms with Crippen LogP contribution >= 0.6 is 0 Å². The molecule has 1 aromatic carbocycles. The van der Waals surface area contributed by atoms with Crippen molar-refractivity contribution in [1.29, 1.82) is 0 Å². The van der Waals surface area contributed by atoms with Crippen LogP contribution in [0, 0.1) is 0 Å². The lowest BCUT2D eigenvalue weighted by molar-refractivity contribution is 0.426. The first-order valence-electron chi connectivity index (χ1n) is 7.42. The summed E-state index contributed by atoms with van der Waals surface area (Å²) < 4.78 is 27.6. The van der Waals surface area contributed by atoms with Gasteiger partial charge in [-0.15, -0.1) is 0 Å². The average Bonchev–Trinajstić information content (AvgIpc) is 2.42. The third-order valence-corrected chi connectivity index (χ3v) is 5.42. The largest absolute Gasteiger partial charge is 0.388 e. The summed E-state index contributed by atoms with van der Waals surface area (Å²) in [5, 5.41) is 2.99. The molecule has 0 aliphatic heterocycles. The quantitative estimate of drug-likeness (QED) is 0.897. The van der Waals surface area contributed by atoms with Crippen LogP contribution in [0.5, 0.6) is 0 Å². The summed E-state index contributed by atoms with van der Waals surface area (Å²) in [6.07, 6.45) is 7.86. The van der Waals surface area contributed by atoms with Crippen molar-refractivity contribution in [3.8, 4) is 0 Å². The Morgan fingerprint density at radius 3 is 2.05 bits per heavy atom. The molecule has 0 spiro atoms. The van der Waals surface area contributed by atoms with E-state index in [0.717, 1.165) is 31.4 Å². The molecule has 1 aromatic rings. The molecule has 0 unspecified atom stereocenters. The van der Waals surface area contributed by atoms with Crippen molar-refractivity contribution in [2.45, 2.75) is 55.9 Å². The predicted molar refractivity (Wildman–Crippen MR) is 82.4 cm³/mol. The van der Waals surface area contributed by atoms with Gasteiger partial charge in [0.15, 0.2) is 0 Å². The lowest BCUT2D eigenvalue weighted by atomic mass is 9.97. The first kappa shape index (κ1) is 15.3. The van der Waals surface area contributed by atoms with Gasteiger partial charge in [-0.25, -0.2) is 13.1 Å². The van der Waals surface area contributed by atoms with E-state index in [0.29, 0.717) is 4.90 Å². The number of hydrogen-bond acceptors (Lipinski definition) is 3. The summed E-state index contributed by atoms with van der Waals surface area (Å²) in [6, 6.07) is 6.96. The van der Waals surface area contributed by atoms with Gasteiger partial charge in [-0.1, -0.05) is 32.1 Å². The molecular weight excluding hydrogens is 272 g/mol. The van der Waals surface area contributed by atoms with Gasteiger partial charge in [0.25, 0.3) is 0 Å². The van der Waals surface area contributed by atoms with Crippen LogP contribution in [0.2, 0.25) is 0 Å². The summed E-state index contributed by atoms with van der Waals surface area (Å²) in [5.74, 6) is 0. The lowest BCUT2D eigenvalue weighted by Gasteiger charge is -2.21. The van der Waals surface area contributed by atoms with E-state index in [2.05, 4.69) is 10.0 Å². The van der Waals surface area contributed by atoms with Crippen molar-refractivity contribution in [2.24, 2.45) is 0 Å². The molecule has 0 radical (unpaired) electrons. The number of sulfonamides is 1. The SMILES string of the molecule is CNc1ccc(S(=O)(=O)NC2CCCCCCC2)cc1. The van der Waals surface area contributed by atoms with Gasteiger partial charge in [0.2, 0.25) is 10.0 Å². The molecule has 1 aliphatic rings. The molecule has 112 valence electrons. The van der Waals surface area contributed by atoms with Crippen molar-refractivity contribution >= 4 is 15.7 Å². The van der Waals surface area contributed by atoms with Gasteiger partial charge in [-0.3, -0.25) is 0 Å². The van der Waals surface area contributed by atoms with E-state index in [9.17, 15) is 8.42 Å². The van der Waals surface area contributed by atoms with Gasteiger partial charge in [-0.2, -0.15) is 0 Å². The zero-order chi connectivity index (χ0) is 14.4. The number of hydrogen-bond donors (Lipinski definition) is 2. The fourth-order valence-electron chi connectivity index (χ4n) is 2.66. The highest BCUT2D eigenvalue weighted by Crippen LogP contribution is 2.20. The second-order valence-electron chi connectivity index (χ2n) is 5.44. The Balaban J connectivity index is 2.04. The standard InChI is InChI=1S/C15H24N2O2S/c1-16-13-9-11-15(12-10-13)20(18,19)17-14-7-5-3-2-4-6-8-14/h9-12,14,16-17H,2-8H2,1H3. The number of nitrogens with one attached hydrogen (secondary N) is 2. The molecule has 2 N–H and O–H groups in total. The van der Waals surface area contributed by atoms with Gasteiger partial charge in [-0.05, 0) is 37.1 Å². The lowest BCUT2D eigenvalue weighted by Crippen LogP contribution is -2.35. The Morgan fingerprint density at radius 2 is 1.50 bits per heavy atom. The summed E-state index contributed by atoms with van der Waals surface area (Å²) in [4.78, 5) is 0.346. The van der Waals surface area contributed by atoms with Crippen molar-refractivity contribution in [3.05, 3.63) is 24.3 Å². The highest BCUT2D eigenvalue weighted by molar-refractivity contribution is 7.89. The first-order chi connectivity index (χ1) is 9.62. The Bertz CT molecular complexity index is 503. The minimum atomic E-state index is -3.39. The highest BCUT2D eigenvalue weighted by atomic mass is 32.2. The average molecular weight is 296 g/mol. The Labute approximate surface area is 122 Å². The molecular formula is C15H24N2O2S. The zero-order valence-electron chi connectivity index (χ0n) is 12.1. The molecule has 4 nitrogen and oxygen atoms in total. The topological polar surface area (TPSA) is 58.2 Å². The van der Waals surface area contributed by atoms with Crippen LogP contribution in [0.25, 0.3) is 0 Å². The van der Waals surface area contributed by atoms with Gasteiger partial charge < -0.3 is 5.32 Å². The summed E-state index contributed by atoms with van der Waals surface area (Å²) >= 11 is 0. The fraction of sp³-hybridized carbons (Fsp3) is 0.600. The van der Waals surface area contributed by atoms with Gasteiger partial charge in [0.1, 0.15) is 0 Å². The molecule has 20 heavy (non-hydrogen) atoms. The molecule has 0 amide bonds. The van der Waals surface area contributed by atoms with E-state index in [1.165, 1.54) is 19.3 Å². The molecule has 0 aromatic heterocycles. The van der Waals surface area contributed by atoms with Crippen LogP contribution in [0.15, 0.2) is 29.2 Å². The van der Waals surface area contributed by atoms with E-state index >= 15 is 0 Å². The van der Waals surface area contributed by atoms with E-state index < -0.39 is 10.0 Å². The molecule has 0 saturated heterocycles. The molecule has 0 bridgehead atoms. The van der Waals surface area contributed by atoms with E-state index in [-0.39, 0.29) is 6.04 Å². The smallest absolute Gasteiger partial charge is 0.240 e. The summed E-state index contributed by atoms with van der Waals surface area (Å²) in [6.45, 7) is 0. The molecule has 0 atom stereocenters. The van der Waals surface area contributed by atoms with Crippen molar-refractivity contribution in [3.63, 3.8) is 0 Å². The fourth-order valence-corrected chi connectivity index (χ4v) is 3.97. The Hall–Kier alpha value is -1.07. The third kappa shape index (κ3) is 4.21. The van der Waals surface area contributed by atoms with Crippen molar-refractivity contribution in [1.82, 2.24) is 4.72 Å². The number of benzene rings is 1. The monoisotopic (exact) mass is 296 g/mol. The second kappa shape index (κ2) is 7.09. The first-order valence-corrected chi connectivity index (χ1v) is 8.90. The van der Waals surface area contributed by atoms with Gasteiger partial charge >= 0.3 is 0 Å². The van der Waals surface area contributed by atoms with E-state index in [1.54, 1.807) is 24.3 Å². The van der Waals surface area contributed by atoms with Crippen LogP contribution in [0.1, 0.15) is 44.9 Å². The van der Waals surface area contributed by atoms with Crippen molar-refractivity contribution < 1.29 is 8.42 Å². The molecule has 1 fully saturated rings. The minimum Gasteiger partial charge on any atom is -0.388 e. The third-order valence-electron chi connectivity index (χ3n) is 3.88. The highest BCUT2D eigenvalue weighted by Gasteiger charge is 2.20. The van der Waals surface area contributed by atoms with Crippen LogP contribution in [-0.4, -0.2) is 21.5 Å². The summed E-state index contributed by atoms with van der Waals surface area (Å²) in [7, 11) is -1.58. The van der Waals surface area contributed by atoms with E-state index in [4.69, 9.17) is 0 Å². The van der Waals surface area contributed by atoms with Crippen LogP contribution in [0.4, 0.5) is 5.69 Å². The zero-order valence-corrected chi connectivity index (χ0v) is 12.9. The van der Waals surface area contributed by atoms with Crippen molar-refractivity contribution in [2.75, 3.05) is 12.4 Å².